The molecule has 0 aromatic heterocycles. The van der Waals surface area contributed by atoms with Crippen LogP contribution in [-0.2, 0) is 4.79 Å². The molecular formula is C20H23IN2O3. The monoisotopic (exact) mass is 466 g/mol. The molecule has 2 aromatic carbocycles. The Morgan fingerprint density at radius 2 is 1.54 bits per heavy atom. The van der Waals surface area contributed by atoms with E-state index in [0.29, 0.717) is 0 Å². The average Bonchev–Trinajstić information content (AvgIpc) is 2.65. The van der Waals surface area contributed by atoms with Gasteiger partial charge in [0, 0.05) is 41.9 Å². The Kier molecular flexibility index (Phi) is 6.73. The second-order valence-electron chi connectivity index (χ2n) is 6.38. The third-order valence-electron chi connectivity index (χ3n) is 4.49. The SMILES string of the molecule is O=C(O)CCCN1CCN(c2ccc(Oc3ccc(I)cc3)cc2)CC1. The van der Waals surface area contributed by atoms with Crippen molar-refractivity contribution >= 4 is 34.2 Å². The van der Waals surface area contributed by atoms with Crippen molar-refractivity contribution < 1.29 is 14.6 Å². The Morgan fingerprint density at radius 3 is 2.12 bits per heavy atom. The number of rotatable bonds is 7. The van der Waals surface area contributed by atoms with Gasteiger partial charge >= 0.3 is 5.97 Å². The lowest BCUT2D eigenvalue weighted by Crippen LogP contribution is -2.46. The summed E-state index contributed by atoms with van der Waals surface area (Å²) in [6, 6.07) is 16.2. The van der Waals surface area contributed by atoms with Crippen LogP contribution in [0.2, 0.25) is 0 Å². The number of nitrogens with zero attached hydrogens (tertiary/aromatic N) is 2. The fourth-order valence-electron chi connectivity index (χ4n) is 3.05. The molecular weight excluding hydrogens is 443 g/mol. The molecule has 0 aliphatic carbocycles. The smallest absolute Gasteiger partial charge is 0.303 e. The van der Waals surface area contributed by atoms with Gasteiger partial charge in [-0.15, -0.1) is 0 Å². The molecule has 2 aromatic rings. The van der Waals surface area contributed by atoms with E-state index in [1.165, 1.54) is 9.26 Å². The minimum atomic E-state index is -0.712. The second-order valence-corrected chi connectivity index (χ2v) is 7.62. The lowest BCUT2D eigenvalue weighted by molar-refractivity contribution is -0.137. The van der Waals surface area contributed by atoms with Crippen molar-refractivity contribution in [2.75, 3.05) is 37.6 Å². The molecule has 0 unspecified atom stereocenters. The molecule has 1 saturated heterocycles. The predicted octanol–water partition coefficient (Wildman–Crippen LogP) is 4.07. The van der Waals surface area contributed by atoms with Crippen LogP contribution in [0.5, 0.6) is 11.5 Å². The van der Waals surface area contributed by atoms with Crippen LogP contribution in [0.15, 0.2) is 48.5 Å². The van der Waals surface area contributed by atoms with E-state index < -0.39 is 5.97 Å². The third-order valence-corrected chi connectivity index (χ3v) is 5.21. The van der Waals surface area contributed by atoms with E-state index in [0.717, 1.165) is 50.6 Å². The Hall–Kier alpha value is -1.80. The molecule has 26 heavy (non-hydrogen) atoms. The zero-order valence-electron chi connectivity index (χ0n) is 14.6. The minimum Gasteiger partial charge on any atom is -0.481 e. The van der Waals surface area contributed by atoms with Crippen molar-refractivity contribution in [2.24, 2.45) is 0 Å². The molecule has 1 aliphatic heterocycles. The van der Waals surface area contributed by atoms with Crippen LogP contribution < -0.4 is 9.64 Å². The molecule has 3 rings (SSSR count). The van der Waals surface area contributed by atoms with E-state index in [-0.39, 0.29) is 6.42 Å². The van der Waals surface area contributed by atoms with E-state index >= 15 is 0 Å². The van der Waals surface area contributed by atoms with Crippen LogP contribution in [-0.4, -0.2) is 48.7 Å². The number of carboxylic acid groups (broad SMARTS) is 1. The van der Waals surface area contributed by atoms with Crippen molar-refractivity contribution in [3.8, 4) is 11.5 Å². The molecule has 0 amide bonds. The molecule has 0 bridgehead atoms. The number of hydrogen-bond donors (Lipinski definition) is 1. The van der Waals surface area contributed by atoms with Gasteiger partial charge in [-0.1, -0.05) is 0 Å². The highest BCUT2D eigenvalue weighted by Crippen LogP contribution is 2.25. The van der Waals surface area contributed by atoms with Crippen molar-refractivity contribution in [3.05, 3.63) is 52.1 Å². The summed E-state index contributed by atoms with van der Waals surface area (Å²) in [6.07, 6.45) is 0.974. The van der Waals surface area contributed by atoms with Crippen molar-refractivity contribution in [1.82, 2.24) is 4.90 Å². The second kappa shape index (κ2) is 9.23. The summed E-state index contributed by atoms with van der Waals surface area (Å²) in [5, 5.41) is 8.72. The van der Waals surface area contributed by atoms with E-state index in [9.17, 15) is 4.79 Å². The van der Waals surface area contributed by atoms with Gasteiger partial charge in [-0.3, -0.25) is 9.69 Å². The number of halogens is 1. The van der Waals surface area contributed by atoms with Crippen LogP contribution in [0.1, 0.15) is 12.8 Å². The maximum absolute atomic E-state index is 10.6. The van der Waals surface area contributed by atoms with Gasteiger partial charge in [0.25, 0.3) is 0 Å². The molecule has 1 N–H and O–H groups in total. The highest BCUT2D eigenvalue weighted by molar-refractivity contribution is 14.1. The third kappa shape index (κ3) is 5.60. The van der Waals surface area contributed by atoms with Crippen molar-refractivity contribution in [3.63, 3.8) is 0 Å². The van der Waals surface area contributed by atoms with Gasteiger partial charge in [0.05, 0.1) is 0 Å². The fraction of sp³-hybridized carbons (Fsp3) is 0.350. The number of carboxylic acids is 1. The molecule has 6 heteroatoms. The Bertz CT molecular complexity index is 711. The molecule has 5 nitrogen and oxygen atoms in total. The summed E-state index contributed by atoms with van der Waals surface area (Å²) in [7, 11) is 0. The molecule has 0 saturated carbocycles. The Balaban J connectivity index is 1.48. The zero-order chi connectivity index (χ0) is 18.4. The largest absolute Gasteiger partial charge is 0.481 e. The molecule has 1 heterocycles. The van der Waals surface area contributed by atoms with Crippen molar-refractivity contribution in [1.29, 1.82) is 0 Å². The number of aliphatic carboxylic acids is 1. The summed E-state index contributed by atoms with van der Waals surface area (Å²) in [6.45, 7) is 4.73. The predicted molar refractivity (Wildman–Crippen MR) is 111 cm³/mol. The zero-order valence-corrected chi connectivity index (χ0v) is 16.8. The Morgan fingerprint density at radius 1 is 0.962 bits per heavy atom. The number of benzene rings is 2. The quantitative estimate of drug-likeness (QED) is 0.624. The van der Waals surface area contributed by atoms with E-state index in [1.54, 1.807) is 0 Å². The summed E-state index contributed by atoms with van der Waals surface area (Å²) < 4.78 is 7.07. The van der Waals surface area contributed by atoms with Crippen molar-refractivity contribution in [2.45, 2.75) is 12.8 Å². The van der Waals surface area contributed by atoms with Crippen LogP contribution in [0, 0.1) is 3.57 Å². The first-order valence-corrected chi connectivity index (χ1v) is 9.90. The standard InChI is InChI=1S/C20H23IN2O3/c21-16-3-7-18(8-4-16)26-19-9-5-17(6-10-19)23-14-12-22(13-15-23)11-1-2-20(24)25/h3-10H,1-2,11-15H2,(H,24,25). The summed E-state index contributed by atoms with van der Waals surface area (Å²) in [4.78, 5) is 15.3. The van der Waals surface area contributed by atoms with Gasteiger partial charge in [-0.25, -0.2) is 0 Å². The lowest BCUT2D eigenvalue weighted by Gasteiger charge is -2.36. The normalized spacial score (nSPS) is 15.0. The van der Waals surface area contributed by atoms with Gasteiger partial charge in [-0.2, -0.15) is 0 Å². The van der Waals surface area contributed by atoms with E-state index in [1.807, 2.05) is 36.4 Å². The average molecular weight is 466 g/mol. The van der Waals surface area contributed by atoms with Gasteiger partial charge in [0.1, 0.15) is 11.5 Å². The van der Waals surface area contributed by atoms with E-state index in [2.05, 4.69) is 44.5 Å². The molecule has 0 spiro atoms. The first kappa shape index (κ1) is 19.0. The fourth-order valence-corrected chi connectivity index (χ4v) is 3.41. The molecule has 138 valence electrons. The number of carbonyl (C=O) groups is 1. The lowest BCUT2D eigenvalue weighted by atomic mass is 10.2. The highest BCUT2D eigenvalue weighted by atomic mass is 127. The first-order chi connectivity index (χ1) is 12.6. The van der Waals surface area contributed by atoms with Gasteiger partial charge in [0.2, 0.25) is 0 Å². The van der Waals surface area contributed by atoms with E-state index in [4.69, 9.17) is 9.84 Å². The maximum Gasteiger partial charge on any atom is 0.303 e. The molecule has 1 fully saturated rings. The number of anilines is 1. The topological polar surface area (TPSA) is 53.0 Å². The molecule has 1 aliphatic rings. The van der Waals surface area contributed by atoms with Gasteiger partial charge in [0.15, 0.2) is 0 Å². The van der Waals surface area contributed by atoms with Crippen LogP contribution in [0.4, 0.5) is 5.69 Å². The summed E-state index contributed by atoms with van der Waals surface area (Å²) >= 11 is 2.28. The first-order valence-electron chi connectivity index (χ1n) is 8.83. The number of piperazine rings is 1. The highest BCUT2D eigenvalue weighted by Gasteiger charge is 2.17. The van der Waals surface area contributed by atoms with Crippen LogP contribution in [0.25, 0.3) is 0 Å². The molecule has 0 radical (unpaired) electrons. The summed E-state index contributed by atoms with van der Waals surface area (Å²) in [5.74, 6) is 0.964. The van der Waals surface area contributed by atoms with Gasteiger partial charge < -0.3 is 14.7 Å². The van der Waals surface area contributed by atoms with Gasteiger partial charge in [-0.05, 0) is 84.1 Å². The Labute approximate surface area is 167 Å². The van der Waals surface area contributed by atoms with Crippen LogP contribution >= 0.6 is 22.6 Å². The van der Waals surface area contributed by atoms with Crippen LogP contribution in [0.3, 0.4) is 0 Å². The minimum absolute atomic E-state index is 0.252. The molecule has 0 atom stereocenters. The number of hydrogen-bond acceptors (Lipinski definition) is 4. The maximum atomic E-state index is 10.6. The summed E-state index contributed by atoms with van der Waals surface area (Å²) in [5.41, 5.74) is 1.20. The number of ether oxygens (including phenoxy) is 1.